The van der Waals surface area contributed by atoms with Crippen LogP contribution in [0.4, 0.5) is 0 Å². The third-order valence-corrected chi connectivity index (χ3v) is 2.21. The van der Waals surface area contributed by atoms with E-state index < -0.39 is 11.4 Å². The lowest BCUT2D eigenvalue weighted by atomic mass is 9.88. The molecule has 78 valence electrons. The van der Waals surface area contributed by atoms with Gasteiger partial charge in [0, 0.05) is 12.5 Å². The molecule has 1 rings (SSSR count). The van der Waals surface area contributed by atoms with Crippen LogP contribution in [-0.4, -0.2) is 32.6 Å². The van der Waals surface area contributed by atoms with Gasteiger partial charge in [0.2, 0.25) is 0 Å². The monoisotopic (exact) mass is 198 g/mol. The topological polar surface area (TPSA) is 75.4 Å². The van der Waals surface area contributed by atoms with Gasteiger partial charge in [-0.3, -0.25) is 4.68 Å². The Labute approximate surface area is 82.0 Å². The van der Waals surface area contributed by atoms with Gasteiger partial charge in [0.15, 0.2) is 0 Å². The summed E-state index contributed by atoms with van der Waals surface area (Å²) in [5.74, 6) is -1.02. The maximum atomic E-state index is 10.9. The van der Waals surface area contributed by atoms with E-state index in [0.29, 0.717) is 5.69 Å². The van der Waals surface area contributed by atoms with Crippen LogP contribution in [0.15, 0.2) is 6.20 Å². The molecule has 0 saturated carbocycles. The van der Waals surface area contributed by atoms with Crippen LogP contribution in [0, 0.1) is 0 Å². The number of aryl methyl sites for hydroxylation is 1. The first-order valence-corrected chi connectivity index (χ1v) is 4.27. The second-order valence-corrected chi connectivity index (χ2v) is 3.88. The number of rotatable bonds is 3. The van der Waals surface area contributed by atoms with Gasteiger partial charge < -0.3 is 10.2 Å². The molecule has 0 fully saturated rings. The van der Waals surface area contributed by atoms with Crippen LogP contribution in [-0.2, 0) is 12.5 Å². The summed E-state index contributed by atoms with van der Waals surface area (Å²) < 4.78 is 1.49. The minimum Gasteiger partial charge on any atom is -0.478 e. The zero-order valence-electron chi connectivity index (χ0n) is 8.48. The molecule has 5 nitrogen and oxygen atoms in total. The molecule has 0 aliphatic heterocycles. The van der Waals surface area contributed by atoms with Crippen LogP contribution in [0.1, 0.15) is 29.9 Å². The van der Waals surface area contributed by atoms with Gasteiger partial charge in [-0.1, -0.05) is 13.8 Å². The van der Waals surface area contributed by atoms with Gasteiger partial charge in [0.05, 0.1) is 18.5 Å². The van der Waals surface area contributed by atoms with Gasteiger partial charge in [0.25, 0.3) is 0 Å². The van der Waals surface area contributed by atoms with Crippen molar-refractivity contribution in [1.82, 2.24) is 9.78 Å². The normalized spacial score (nSPS) is 11.7. The molecule has 0 bridgehead atoms. The van der Waals surface area contributed by atoms with E-state index in [1.807, 2.05) is 0 Å². The fourth-order valence-corrected chi connectivity index (χ4v) is 1.47. The van der Waals surface area contributed by atoms with Crippen molar-refractivity contribution in [2.75, 3.05) is 6.61 Å². The number of hydrogen-bond donors (Lipinski definition) is 2. The average molecular weight is 198 g/mol. The Morgan fingerprint density at radius 2 is 2.21 bits per heavy atom. The second-order valence-electron chi connectivity index (χ2n) is 3.88. The Morgan fingerprint density at radius 3 is 2.64 bits per heavy atom. The largest absolute Gasteiger partial charge is 0.478 e. The van der Waals surface area contributed by atoms with Crippen molar-refractivity contribution in [2.45, 2.75) is 19.3 Å². The maximum Gasteiger partial charge on any atom is 0.339 e. The molecular weight excluding hydrogens is 184 g/mol. The Hall–Kier alpha value is -1.36. The molecule has 0 radical (unpaired) electrons. The van der Waals surface area contributed by atoms with Gasteiger partial charge in [-0.15, -0.1) is 0 Å². The quantitative estimate of drug-likeness (QED) is 0.736. The Morgan fingerprint density at radius 1 is 1.64 bits per heavy atom. The summed E-state index contributed by atoms with van der Waals surface area (Å²) in [5, 5.41) is 21.9. The zero-order valence-corrected chi connectivity index (χ0v) is 8.48. The number of carbonyl (C=O) groups is 1. The van der Waals surface area contributed by atoms with Crippen LogP contribution in [0.3, 0.4) is 0 Å². The van der Waals surface area contributed by atoms with Gasteiger partial charge in [-0.25, -0.2) is 4.79 Å². The highest BCUT2D eigenvalue weighted by Gasteiger charge is 2.29. The summed E-state index contributed by atoms with van der Waals surface area (Å²) in [6.45, 7) is 3.43. The van der Waals surface area contributed by atoms with E-state index in [1.165, 1.54) is 10.9 Å². The van der Waals surface area contributed by atoms with Gasteiger partial charge in [0.1, 0.15) is 5.56 Å². The third kappa shape index (κ3) is 1.63. The van der Waals surface area contributed by atoms with E-state index in [9.17, 15) is 4.79 Å². The van der Waals surface area contributed by atoms with Gasteiger partial charge >= 0.3 is 5.97 Å². The molecule has 0 amide bonds. The molecule has 0 aliphatic rings. The van der Waals surface area contributed by atoms with Crippen molar-refractivity contribution < 1.29 is 15.0 Å². The minimum atomic E-state index is -1.02. The molecule has 0 atom stereocenters. The average Bonchev–Trinajstić information content (AvgIpc) is 2.47. The maximum absolute atomic E-state index is 10.9. The molecule has 1 aromatic heterocycles. The molecule has 0 spiro atoms. The van der Waals surface area contributed by atoms with Crippen molar-refractivity contribution >= 4 is 5.97 Å². The first-order chi connectivity index (χ1) is 6.40. The number of carboxylic acids is 1. The molecular formula is C9H14N2O3. The first-order valence-electron chi connectivity index (χ1n) is 4.27. The molecule has 1 aromatic rings. The predicted octanol–water partition coefficient (Wildman–Crippen LogP) is 0.388. The molecule has 5 heteroatoms. The number of hydrogen-bond acceptors (Lipinski definition) is 3. The van der Waals surface area contributed by atoms with E-state index in [1.54, 1.807) is 20.9 Å². The van der Waals surface area contributed by atoms with E-state index in [2.05, 4.69) is 5.10 Å². The van der Waals surface area contributed by atoms with Crippen LogP contribution >= 0.6 is 0 Å². The van der Waals surface area contributed by atoms with Crippen LogP contribution in [0.25, 0.3) is 0 Å². The van der Waals surface area contributed by atoms with Crippen molar-refractivity contribution in [3.8, 4) is 0 Å². The third-order valence-electron chi connectivity index (χ3n) is 2.21. The summed E-state index contributed by atoms with van der Waals surface area (Å²) in [6.07, 6.45) is 1.30. The van der Waals surface area contributed by atoms with E-state index in [0.717, 1.165) is 0 Å². The summed E-state index contributed by atoms with van der Waals surface area (Å²) in [4.78, 5) is 10.9. The van der Waals surface area contributed by atoms with Gasteiger partial charge in [-0.05, 0) is 0 Å². The number of aromatic nitrogens is 2. The SMILES string of the molecule is Cn1ncc(C(=O)O)c1C(C)(C)CO. The highest BCUT2D eigenvalue weighted by molar-refractivity contribution is 5.89. The first kappa shape index (κ1) is 10.7. The summed E-state index contributed by atoms with van der Waals surface area (Å²) >= 11 is 0. The van der Waals surface area contributed by atoms with Crippen LogP contribution in [0.2, 0.25) is 0 Å². The molecule has 0 saturated heterocycles. The number of carboxylic acid groups (broad SMARTS) is 1. The van der Waals surface area contributed by atoms with Crippen molar-refractivity contribution in [2.24, 2.45) is 7.05 Å². The molecule has 0 unspecified atom stereocenters. The summed E-state index contributed by atoms with van der Waals surface area (Å²) in [5.41, 5.74) is 0.0814. The van der Waals surface area contributed by atoms with E-state index in [-0.39, 0.29) is 12.2 Å². The highest BCUT2D eigenvalue weighted by Crippen LogP contribution is 2.25. The fraction of sp³-hybridized carbons (Fsp3) is 0.556. The number of nitrogens with zero attached hydrogens (tertiary/aromatic N) is 2. The fourth-order valence-electron chi connectivity index (χ4n) is 1.47. The number of aromatic carboxylic acids is 1. The summed E-state index contributed by atoms with van der Waals surface area (Å²) in [7, 11) is 1.67. The molecule has 14 heavy (non-hydrogen) atoms. The lowest BCUT2D eigenvalue weighted by Crippen LogP contribution is -2.27. The number of aliphatic hydroxyl groups excluding tert-OH is 1. The molecule has 0 aromatic carbocycles. The van der Waals surface area contributed by atoms with E-state index in [4.69, 9.17) is 10.2 Å². The van der Waals surface area contributed by atoms with Gasteiger partial charge in [-0.2, -0.15) is 5.10 Å². The van der Waals surface area contributed by atoms with Crippen molar-refractivity contribution in [1.29, 1.82) is 0 Å². The molecule has 1 heterocycles. The molecule has 0 aliphatic carbocycles. The summed E-state index contributed by atoms with van der Waals surface area (Å²) in [6, 6.07) is 0. The standard InChI is InChI=1S/C9H14N2O3/c1-9(2,5-12)7-6(8(13)14)4-10-11(7)3/h4,12H,5H2,1-3H3,(H,13,14). The van der Waals surface area contributed by atoms with Crippen molar-refractivity contribution in [3.63, 3.8) is 0 Å². The Balaban J connectivity index is 3.31. The minimum absolute atomic E-state index is 0.118. The van der Waals surface area contributed by atoms with E-state index >= 15 is 0 Å². The smallest absolute Gasteiger partial charge is 0.339 e. The van der Waals surface area contributed by atoms with Crippen LogP contribution < -0.4 is 0 Å². The van der Waals surface area contributed by atoms with Crippen molar-refractivity contribution in [3.05, 3.63) is 17.5 Å². The lowest BCUT2D eigenvalue weighted by Gasteiger charge is -2.22. The molecule has 2 N–H and O–H groups in total. The highest BCUT2D eigenvalue weighted by atomic mass is 16.4. The Kier molecular flexibility index (Phi) is 2.62. The second kappa shape index (κ2) is 3.42. The number of aliphatic hydroxyl groups is 1. The van der Waals surface area contributed by atoms with Crippen LogP contribution in [0.5, 0.6) is 0 Å². The zero-order chi connectivity index (χ0) is 10.9. The predicted molar refractivity (Wildman–Crippen MR) is 50.3 cm³/mol. The lowest BCUT2D eigenvalue weighted by molar-refractivity contribution is 0.0692. The Bertz CT molecular complexity index is 355.